The van der Waals surface area contributed by atoms with E-state index in [1.54, 1.807) is 30.3 Å². The lowest BCUT2D eigenvalue weighted by atomic mass is 9.99. The third-order valence-electron chi connectivity index (χ3n) is 6.64. The molecule has 13 heteroatoms. The van der Waals surface area contributed by atoms with E-state index in [-0.39, 0.29) is 34.3 Å². The first-order valence-electron chi connectivity index (χ1n) is 12.0. The fourth-order valence-corrected chi connectivity index (χ4v) is 4.60. The monoisotopic (exact) mass is 548 g/mol. The highest BCUT2D eigenvalue weighted by atomic mass is 16.7. The van der Waals surface area contributed by atoms with Crippen LogP contribution in [0.25, 0.3) is 11.0 Å². The highest BCUT2D eigenvalue weighted by molar-refractivity contribution is 5.85. The molecule has 1 fully saturated rings. The Labute approximate surface area is 221 Å². The molecule has 0 aliphatic carbocycles. The van der Waals surface area contributed by atoms with Crippen molar-refractivity contribution in [2.24, 2.45) is 0 Å². The van der Waals surface area contributed by atoms with E-state index in [9.17, 15) is 30.3 Å². The number of hydrogen-bond acceptors (Lipinski definition) is 13. The van der Waals surface area contributed by atoms with Crippen molar-refractivity contribution in [3.63, 3.8) is 0 Å². The van der Waals surface area contributed by atoms with Crippen molar-refractivity contribution < 1.29 is 58.4 Å². The number of benzene rings is 2. The normalized spacial score (nSPS) is 28.2. The van der Waals surface area contributed by atoms with Crippen molar-refractivity contribution in [3.8, 4) is 28.7 Å². The van der Waals surface area contributed by atoms with E-state index in [1.807, 2.05) is 0 Å². The molecule has 5 N–H and O–H groups in total. The van der Waals surface area contributed by atoms with Crippen LogP contribution < -0.4 is 29.3 Å². The van der Waals surface area contributed by atoms with E-state index in [4.69, 9.17) is 32.8 Å². The maximum Gasteiger partial charge on any atom is 0.336 e. The summed E-state index contributed by atoms with van der Waals surface area (Å²) < 4.78 is 39.8. The Bertz CT molecular complexity index is 1360. The Morgan fingerprint density at radius 1 is 0.846 bits per heavy atom. The Hall–Kier alpha value is -3.59. The summed E-state index contributed by atoms with van der Waals surface area (Å²) in [6, 6.07) is 9.33. The standard InChI is InChI=1S/C26H28O13/c1-33-14-7-12(8-15(34-2)24(14)39-26-21(32)20(31)19(30)16(9-27)37-26)22-17(10-28)36-25-13(35-22)5-3-11-4-6-18(29)38-23(11)25/h3-8,16-17,19-22,26-28,30-32H,9-10H2,1-2H3/t16-,17-,19-,20+,21-,22-,26-/m1/s1. The second kappa shape index (κ2) is 10.9. The smallest absolute Gasteiger partial charge is 0.336 e. The molecule has 0 bridgehead atoms. The molecule has 7 atom stereocenters. The number of fused-ring (bicyclic) bond motifs is 3. The highest BCUT2D eigenvalue weighted by Gasteiger charge is 2.45. The van der Waals surface area contributed by atoms with Crippen molar-refractivity contribution in [2.45, 2.75) is 42.9 Å². The Balaban J connectivity index is 1.49. The van der Waals surface area contributed by atoms with Gasteiger partial charge in [0, 0.05) is 17.0 Å². The zero-order valence-corrected chi connectivity index (χ0v) is 20.9. The lowest BCUT2D eigenvalue weighted by molar-refractivity contribution is -0.277. The number of aliphatic hydroxyl groups is 5. The van der Waals surface area contributed by atoms with Crippen LogP contribution in [0.4, 0.5) is 0 Å². The number of rotatable bonds is 7. The number of hydrogen-bond donors (Lipinski definition) is 5. The molecular weight excluding hydrogens is 520 g/mol. The molecule has 0 amide bonds. The van der Waals surface area contributed by atoms with E-state index in [0.29, 0.717) is 10.9 Å². The SMILES string of the molecule is COc1cc([C@H]2Oc3ccc4ccc(=O)oc4c3O[C@@H]2CO)cc(OC)c1O[C@H]1O[C@H](CO)[C@@H](O)[C@H](O)[C@H]1O. The van der Waals surface area contributed by atoms with Gasteiger partial charge < -0.3 is 58.4 Å². The molecule has 5 rings (SSSR count). The number of aliphatic hydroxyl groups excluding tert-OH is 5. The predicted molar refractivity (Wildman–Crippen MR) is 131 cm³/mol. The van der Waals surface area contributed by atoms with Crippen molar-refractivity contribution in [1.82, 2.24) is 0 Å². The summed E-state index contributed by atoms with van der Waals surface area (Å²) in [6.07, 6.45) is -9.29. The van der Waals surface area contributed by atoms with Gasteiger partial charge in [0.05, 0.1) is 27.4 Å². The summed E-state index contributed by atoms with van der Waals surface area (Å²) in [5, 5.41) is 50.8. The summed E-state index contributed by atoms with van der Waals surface area (Å²) in [6.45, 7) is -1.08. The lowest BCUT2D eigenvalue weighted by Gasteiger charge is -2.39. The molecule has 1 saturated heterocycles. The van der Waals surface area contributed by atoms with Crippen LogP contribution in [-0.2, 0) is 4.74 Å². The van der Waals surface area contributed by atoms with Gasteiger partial charge in [-0.15, -0.1) is 0 Å². The van der Waals surface area contributed by atoms with Crippen LogP contribution in [-0.4, -0.2) is 89.8 Å². The highest BCUT2D eigenvalue weighted by Crippen LogP contribution is 2.47. The molecule has 0 radical (unpaired) electrons. The topological polar surface area (TPSA) is 187 Å². The van der Waals surface area contributed by atoms with Crippen molar-refractivity contribution in [3.05, 3.63) is 52.4 Å². The van der Waals surface area contributed by atoms with E-state index >= 15 is 0 Å². The molecule has 2 aliphatic rings. The van der Waals surface area contributed by atoms with Gasteiger partial charge in [-0.3, -0.25) is 0 Å². The van der Waals surface area contributed by atoms with Gasteiger partial charge in [-0.05, 0) is 30.3 Å². The van der Waals surface area contributed by atoms with Crippen LogP contribution in [0.2, 0.25) is 0 Å². The Morgan fingerprint density at radius 2 is 1.51 bits per heavy atom. The summed E-state index contributed by atoms with van der Waals surface area (Å²) in [7, 11) is 2.73. The summed E-state index contributed by atoms with van der Waals surface area (Å²) in [5.74, 6) is 0.709. The second-order valence-corrected chi connectivity index (χ2v) is 9.01. The maximum absolute atomic E-state index is 11.8. The predicted octanol–water partition coefficient (Wildman–Crippen LogP) is -0.138. The molecule has 13 nitrogen and oxygen atoms in total. The molecule has 3 heterocycles. The van der Waals surface area contributed by atoms with Gasteiger partial charge in [0.25, 0.3) is 0 Å². The zero-order chi connectivity index (χ0) is 27.8. The van der Waals surface area contributed by atoms with Crippen molar-refractivity contribution >= 4 is 11.0 Å². The van der Waals surface area contributed by atoms with Gasteiger partial charge in [-0.2, -0.15) is 0 Å². The molecule has 0 spiro atoms. The van der Waals surface area contributed by atoms with Gasteiger partial charge in [0.2, 0.25) is 17.8 Å². The van der Waals surface area contributed by atoms with Gasteiger partial charge >= 0.3 is 5.63 Å². The molecule has 0 unspecified atom stereocenters. The minimum absolute atomic E-state index is 0.00137. The molecule has 1 aromatic heterocycles. The van der Waals surface area contributed by atoms with Crippen molar-refractivity contribution in [1.29, 1.82) is 0 Å². The third kappa shape index (κ3) is 4.84. The summed E-state index contributed by atoms with van der Waals surface area (Å²) >= 11 is 0. The number of ether oxygens (including phenoxy) is 6. The van der Waals surface area contributed by atoms with Crippen LogP contribution in [0.5, 0.6) is 28.7 Å². The first-order chi connectivity index (χ1) is 18.8. The zero-order valence-electron chi connectivity index (χ0n) is 20.9. The average Bonchev–Trinajstić information content (AvgIpc) is 2.96. The molecule has 3 aromatic rings. The van der Waals surface area contributed by atoms with Crippen LogP contribution >= 0.6 is 0 Å². The maximum atomic E-state index is 11.8. The second-order valence-electron chi connectivity index (χ2n) is 9.01. The quantitative estimate of drug-likeness (QED) is 0.246. The van der Waals surface area contributed by atoms with Gasteiger partial charge in [-0.25, -0.2) is 4.79 Å². The van der Waals surface area contributed by atoms with Crippen LogP contribution in [0.3, 0.4) is 0 Å². The third-order valence-corrected chi connectivity index (χ3v) is 6.64. The average molecular weight is 548 g/mol. The molecular formula is C26H28O13. The van der Waals surface area contributed by atoms with Gasteiger partial charge in [-0.1, -0.05) is 0 Å². The van der Waals surface area contributed by atoms with Gasteiger partial charge in [0.15, 0.2) is 35.0 Å². The Morgan fingerprint density at radius 3 is 2.15 bits per heavy atom. The lowest BCUT2D eigenvalue weighted by Crippen LogP contribution is -2.60. The minimum atomic E-state index is -1.66. The fraction of sp³-hybridized carbons (Fsp3) is 0.423. The van der Waals surface area contributed by atoms with Crippen LogP contribution in [0, 0.1) is 0 Å². The first-order valence-corrected chi connectivity index (χ1v) is 12.0. The van der Waals surface area contributed by atoms with E-state index in [1.165, 1.54) is 20.3 Å². The van der Waals surface area contributed by atoms with Gasteiger partial charge in [0.1, 0.15) is 24.4 Å². The first kappa shape index (κ1) is 27.0. The Kier molecular flexibility index (Phi) is 7.53. The molecule has 0 saturated carbocycles. The number of methoxy groups -OCH3 is 2. The van der Waals surface area contributed by atoms with Crippen LogP contribution in [0.15, 0.2) is 45.6 Å². The van der Waals surface area contributed by atoms with Crippen LogP contribution in [0.1, 0.15) is 11.7 Å². The largest absolute Gasteiger partial charge is 0.493 e. The fourth-order valence-electron chi connectivity index (χ4n) is 4.60. The minimum Gasteiger partial charge on any atom is -0.493 e. The summed E-state index contributed by atoms with van der Waals surface area (Å²) in [4.78, 5) is 11.8. The van der Waals surface area contributed by atoms with Crippen molar-refractivity contribution in [2.75, 3.05) is 27.4 Å². The molecule has 2 aromatic carbocycles. The molecule has 210 valence electrons. The van der Waals surface area contributed by atoms with E-state index in [0.717, 1.165) is 0 Å². The molecule has 39 heavy (non-hydrogen) atoms. The van der Waals surface area contributed by atoms with E-state index in [2.05, 4.69) is 0 Å². The summed E-state index contributed by atoms with van der Waals surface area (Å²) in [5.41, 5.74) is 0.0890. The van der Waals surface area contributed by atoms with E-state index < -0.39 is 61.8 Å². The molecule has 2 aliphatic heterocycles.